The highest BCUT2D eigenvalue weighted by Crippen LogP contribution is 2.32. The summed E-state index contributed by atoms with van der Waals surface area (Å²) in [6.45, 7) is 2.43. The number of benzene rings is 1. The lowest BCUT2D eigenvalue weighted by Gasteiger charge is -2.37. The third kappa shape index (κ3) is 2.97. The Bertz CT molecular complexity index is 514. The molecule has 1 heterocycles. The standard InChI is InChI=1S/C16H22N2O3/c17-7-2-8-18(13-3-1-4-13)16(19)12-5-6-14-15(11-12)21-10-9-20-14/h5-6,11,13H,1-4,7-10,17H2. The molecular formula is C16H22N2O3. The zero-order valence-electron chi connectivity index (χ0n) is 12.2. The Kier molecular flexibility index (Phi) is 4.29. The Labute approximate surface area is 125 Å². The summed E-state index contributed by atoms with van der Waals surface area (Å²) in [5, 5.41) is 0. The fraction of sp³-hybridized carbons (Fsp3) is 0.562. The van der Waals surface area contributed by atoms with E-state index in [0.717, 1.165) is 31.6 Å². The third-order valence-corrected chi connectivity index (χ3v) is 4.17. The normalized spacial score (nSPS) is 17.2. The molecule has 114 valence electrons. The molecule has 5 nitrogen and oxygen atoms in total. The lowest BCUT2D eigenvalue weighted by Crippen LogP contribution is -2.45. The predicted octanol–water partition coefficient (Wildman–Crippen LogP) is 1.80. The van der Waals surface area contributed by atoms with Crippen LogP contribution in [0.1, 0.15) is 36.0 Å². The molecule has 2 N–H and O–H groups in total. The zero-order chi connectivity index (χ0) is 14.7. The van der Waals surface area contributed by atoms with Gasteiger partial charge in [0, 0.05) is 18.2 Å². The molecule has 0 spiro atoms. The summed E-state index contributed by atoms with van der Waals surface area (Å²) < 4.78 is 11.1. The van der Waals surface area contributed by atoms with E-state index in [1.54, 1.807) is 6.07 Å². The molecule has 21 heavy (non-hydrogen) atoms. The van der Waals surface area contributed by atoms with Crippen molar-refractivity contribution < 1.29 is 14.3 Å². The third-order valence-electron chi connectivity index (χ3n) is 4.17. The van der Waals surface area contributed by atoms with Crippen molar-refractivity contribution in [2.75, 3.05) is 26.3 Å². The van der Waals surface area contributed by atoms with E-state index in [1.165, 1.54) is 6.42 Å². The van der Waals surface area contributed by atoms with Gasteiger partial charge in [0.15, 0.2) is 11.5 Å². The lowest BCUT2D eigenvalue weighted by atomic mass is 9.90. The quantitative estimate of drug-likeness (QED) is 0.898. The van der Waals surface area contributed by atoms with E-state index >= 15 is 0 Å². The van der Waals surface area contributed by atoms with Crippen LogP contribution in [-0.2, 0) is 0 Å². The van der Waals surface area contributed by atoms with Crippen LogP contribution in [0.25, 0.3) is 0 Å². The summed E-state index contributed by atoms with van der Waals surface area (Å²) in [4.78, 5) is 14.7. The molecule has 0 bridgehead atoms. The zero-order valence-corrected chi connectivity index (χ0v) is 12.2. The van der Waals surface area contributed by atoms with Crippen LogP contribution in [0.4, 0.5) is 0 Å². The molecule has 2 aliphatic rings. The van der Waals surface area contributed by atoms with E-state index < -0.39 is 0 Å². The van der Waals surface area contributed by atoms with Gasteiger partial charge < -0.3 is 20.1 Å². The topological polar surface area (TPSA) is 64.8 Å². The van der Waals surface area contributed by atoms with E-state index in [1.807, 2.05) is 17.0 Å². The Morgan fingerprint density at radius 1 is 1.24 bits per heavy atom. The van der Waals surface area contributed by atoms with Crippen LogP contribution in [0.3, 0.4) is 0 Å². The minimum Gasteiger partial charge on any atom is -0.486 e. The largest absolute Gasteiger partial charge is 0.486 e. The maximum Gasteiger partial charge on any atom is 0.254 e. The van der Waals surface area contributed by atoms with Crippen LogP contribution in [-0.4, -0.2) is 43.2 Å². The molecular weight excluding hydrogens is 268 g/mol. The first kappa shape index (κ1) is 14.2. The van der Waals surface area contributed by atoms with Gasteiger partial charge in [0.2, 0.25) is 0 Å². The second-order valence-electron chi connectivity index (χ2n) is 5.58. The number of nitrogens with two attached hydrogens (primary N) is 1. The summed E-state index contributed by atoms with van der Waals surface area (Å²) in [5.74, 6) is 1.46. The number of carbonyl (C=O) groups is 1. The first-order valence-corrected chi connectivity index (χ1v) is 7.70. The van der Waals surface area contributed by atoms with Crippen molar-refractivity contribution in [2.24, 2.45) is 5.73 Å². The lowest BCUT2D eigenvalue weighted by molar-refractivity contribution is 0.0577. The van der Waals surface area contributed by atoms with Crippen LogP contribution in [0, 0.1) is 0 Å². The van der Waals surface area contributed by atoms with Crippen molar-refractivity contribution in [2.45, 2.75) is 31.7 Å². The Morgan fingerprint density at radius 2 is 2.00 bits per heavy atom. The van der Waals surface area contributed by atoms with Crippen LogP contribution >= 0.6 is 0 Å². The van der Waals surface area contributed by atoms with Crippen LogP contribution < -0.4 is 15.2 Å². The van der Waals surface area contributed by atoms with Gasteiger partial charge in [-0.2, -0.15) is 0 Å². The average molecular weight is 290 g/mol. The second kappa shape index (κ2) is 6.35. The van der Waals surface area contributed by atoms with Gasteiger partial charge in [-0.05, 0) is 50.4 Å². The van der Waals surface area contributed by atoms with Gasteiger partial charge in [0.1, 0.15) is 13.2 Å². The number of hydrogen-bond donors (Lipinski definition) is 1. The molecule has 5 heteroatoms. The molecule has 0 aromatic heterocycles. The molecule has 1 aliphatic carbocycles. The predicted molar refractivity (Wildman–Crippen MR) is 79.8 cm³/mol. The molecule has 1 saturated carbocycles. The minimum atomic E-state index is 0.0742. The Morgan fingerprint density at radius 3 is 2.67 bits per heavy atom. The van der Waals surface area contributed by atoms with E-state index in [-0.39, 0.29) is 5.91 Å². The van der Waals surface area contributed by atoms with Crippen molar-refractivity contribution in [3.8, 4) is 11.5 Å². The van der Waals surface area contributed by atoms with Crippen molar-refractivity contribution in [3.05, 3.63) is 23.8 Å². The summed E-state index contributed by atoms with van der Waals surface area (Å²) in [5.41, 5.74) is 6.26. The van der Waals surface area contributed by atoms with Crippen LogP contribution in [0.15, 0.2) is 18.2 Å². The summed E-state index contributed by atoms with van der Waals surface area (Å²) in [6.07, 6.45) is 4.24. The van der Waals surface area contributed by atoms with E-state index in [0.29, 0.717) is 37.1 Å². The molecule has 1 fully saturated rings. The van der Waals surface area contributed by atoms with E-state index in [2.05, 4.69) is 0 Å². The molecule has 1 aromatic carbocycles. The molecule has 0 atom stereocenters. The number of hydrogen-bond acceptors (Lipinski definition) is 4. The smallest absolute Gasteiger partial charge is 0.254 e. The number of amides is 1. The number of nitrogens with zero attached hydrogens (tertiary/aromatic N) is 1. The first-order chi connectivity index (χ1) is 10.3. The highest BCUT2D eigenvalue weighted by Gasteiger charge is 2.29. The van der Waals surface area contributed by atoms with Gasteiger partial charge in [-0.1, -0.05) is 0 Å². The van der Waals surface area contributed by atoms with Gasteiger partial charge in [-0.15, -0.1) is 0 Å². The Hall–Kier alpha value is -1.75. The van der Waals surface area contributed by atoms with Gasteiger partial charge >= 0.3 is 0 Å². The number of rotatable bonds is 5. The number of ether oxygens (including phenoxy) is 2. The van der Waals surface area contributed by atoms with Crippen molar-refractivity contribution in [1.82, 2.24) is 4.90 Å². The monoisotopic (exact) mass is 290 g/mol. The van der Waals surface area contributed by atoms with E-state index in [4.69, 9.17) is 15.2 Å². The molecule has 1 aliphatic heterocycles. The number of fused-ring (bicyclic) bond motifs is 1. The molecule has 1 aromatic rings. The van der Waals surface area contributed by atoms with E-state index in [9.17, 15) is 4.79 Å². The van der Waals surface area contributed by atoms with Gasteiger partial charge in [0.25, 0.3) is 5.91 Å². The first-order valence-electron chi connectivity index (χ1n) is 7.70. The average Bonchev–Trinajstić information content (AvgIpc) is 2.48. The Balaban J connectivity index is 1.78. The van der Waals surface area contributed by atoms with Gasteiger partial charge in [-0.25, -0.2) is 0 Å². The van der Waals surface area contributed by atoms with Crippen LogP contribution in [0.5, 0.6) is 11.5 Å². The molecule has 0 radical (unpaired) electrons. The highest BCUT2D eigenvalue weighted by atomic mass is 16.6. The molecule has 3 rings (SSSR count). The highest BCUT2D eigenvalue weighted by molar-refractivity contribution is 5.95. The number of carbonyl (C=O) groups excluding carboxylic acids is 1. The van der Waals surface area contributed by atoms with Crippen LogP contribution in [0.2, 0.25) is 0 Å². The maximum atomic E-state index is 12.8. The molecule has 0 saturated heterocycles. The summed E-state index contributed by atoms with van der Waals surface area (Å²) in [6, 6.07) is 5.82. The minimum absolute atomic E-state index is 0.0742. The van der Waals surface area contributed by atoms with Gasteiger partial charge in [0.05, 0.1) is 0 Å². The fourth-order valence-electron chi connectivity index (χ4n) is 2.75. The second-order valence-corrected chi connectivity index (χ2v) is 5.58. The summed E-state index contributed by atoms with van der Waals surface area (Å²) in [7, 11) is 0. The SMILES string of the molecule is NCCCN(C(=O)c1ccc2c(c1)OCCO2)C1CCC1. The summed E-state index contributed by atoms with van der Waals surface area (Å²) >= 11 is 0. The van der Waals surface area contributed by atoms with Crippen molar-refractivity contribution in [1.29, 1.82) is 0 Å². The maximum absolute atomic E-state index is 12.8. The van der Waals surface area contributed by atoms with Gasteiger partial charge in [-0.3, -0.25) is 4.79 Å². The van der Waals surface area contributed by atoms with Crippen molar-refractivity contribution in [3.63, 3.8) is 0 Å². The fourth-order valence-corrected chi connectivity index (χ4v) is 2.75. The molecule has 1 amide bonds. The molecule has 0 unspecified atom stereocenters. The van der Waals surface area contributed by atoms with Crippen molar-refractivity contribution >= 4 is 5.91 Å².